The van der Waals surface area contributed by atoms with Gasteiger partial charge in [-0.05, 0) is 49.2 Å². The Morgan fingerprint density at radius 2 is 1.47 bits per heavy atom. The standard InChI is InChI=1S/C27H22N2O/c1-17-12-18(2)14-19(13-17)28-25-15-23(27(30)22-10-5-4-8-20(22)25)24-16-29(3)26-11-7-6-9-21(24)26/h4-16H,1-3H3. The Labute approximate surface area is 176 Å². The van der Waals surface area contributed by atoms with Crippen molar-refractivity contribution in [3.63, 3.8) is 0 Å². The molecule has 0 bridgehead atoms. The minimum Gasteiger partial charge on any atom is -0.350 e. The summed E-state index contributed by atoms with van der Waals surface area (Å²) in [6, 6.07) is 22.2. The minimum absolute atomic E-state index is 0.0429. The Bertz CT molecular complexity index is 1370. The number of carbonyl (C=O) groups is 1. The fourth-order valence-corrected chi connectivity index (χ4v) is 4.33. The van der Waals surface area contributed by atoms with Gasteiger partial charge >= 0.3 is 0 Å². The van der Waals surface area contributed by atoms with E-state index in [4.69, 9.17) is 4.99 Å². The lowest BCUT2D eigenvalue weighted by Crippen LogP contribution is -2.16. The molecule has 3 aromatic carbocycles. The summed E-state index contributed by atoms with van der Waals surface area (Å²) in [6.45, 7) is 4.15. The zero-order valence-corrected chi connectivity index (χ0v) is 17.3. The van der Waals surface area contributed by atoms with Gasteiger partial charge < -0.3 is 4.57 Å². The van der Waals surface area contributed by atoms with Crippen molar-refractivity contribution in [1.29, 1.82) is 0 Å². The minimum atomic E-state index is 0.0429. The largest absolute Gasteiger partial charge is 0.350 e. The molecule has 0 aliphatic heterocycles. The van der Waals surface area contributed by atoms with Gasteiger partial charge in [-0.1, -0.05) is 48.5 Å². The van der Waals surface area contributed by atoms with Gasteiger partial charge in [-0.2, -0.15) is 0 Å². The van der Waals surface area contributed by atoms with Crippen LogP contribution in [0.4, 0.5) is 5.69 Å². The Hall–Kier alpha value is -3.72. The van der Waals surface area contributed by atoms with Crippen molar-refractivity contribution in [2.75, 3.05) is 0 Å². The van der Waals surface area contributed by atoms with Gasteiger partial charge in [-0.3, -0.25) is 4.79 Å². The number of rotatable bonds is 2. The third-order valence-electron chi connectivity index (χ3n) is 5.62. The number of Topliss-reactive ketones (excluding diaryl/α,β-unsaturated/α-hetero) is 1. The van der Waals surface area contributed by atoms with Crippen molar-refractivity contribution in [2.45, 2.75) is 13.8 Å². The average Bonchev–Trinajstić information content (AvgIpc) is 3.06. The van der Waals surface area contributed by atoms with Crippen molar-refractivity contribution < 1.29 is 4.79 Å². The predicted octanol–water partition coefficient (Wildman–Crippen LogP) is 6.20. The molecule has 3 heteroatoms. The van der Waals surface area contributed by atoms with Crippen molar-refractivity contribution in [3.8, 4) is 0 Å². The number of aromatic nitrogens is 1. The lowest BCUT2D eigenvalue weighted by molar-refractivity contribution is 0.105. The topological polar surface area (TPSA) is 34.4 Å². The van der Waals surface area contributed by atoms with Crippen LogP contribution in [0.3, 0.4) is 0 Å². The Morgan fingerprint density at radius 3 is 2.23 bits per heavy atom. The van der Waals surface area contributed by atoms with Crippen LogP contribution in [0, 0.1) is 13.8 Å². The van der Waals surface area contributed by atoms with E-state index in [-0.39, 0.29) is 5.78 Å². The molecular formula is C27H22N2O. The van der Waals surface area contributed by atoms with E-state index < -0.39 is 0 Å². The van der Waals surface area contributed by atoms with Crippen molar-refractivity contribution in [1.82, 2.24) is 4.57 Å². The first-order chi connectivity index (χ1) is 14.5. The zero-order chi connectivity index (χ0) is 20.8. The molecule has 0 unspecified atom stereocenters. The van der Waals surface area contributed by atoms with Crippen LogP contribution in [0.25, 0.3) is 16.5 Å². The smallest absolute Gasteiger partial charge is 0.194 e. The summed E-state index contributed by atoms with van der Waals surface area (Å²) in [7, 11) is 2.01. The van der Waals surface area contributed by atoms with E-state index in [1.54, 1.807) is 0 Å². The first-order valence-corrected chi connectivity index (χ1v) is 10.1. The van der Waals surface area contributed by atoms with Crippen LogP contribution in [-0.2, 0) is 7.05 Å². The monoisotopic (exact) mass is 390 g/mol. The molecule has 146 valence electrons. The van der Waals surface area contributed by atoms with E-state index in [1.807, 2.05) is 55.7 Å². The number of aryl methyl sites for hydroxylation is 3. The highest BCUT2D eigenvalue weighted by Gasteiger charge is 2.27. The number of hydrogen-bond acceptors (Lipinski definition) is 2. The van der Waals surface area contributed by atoms with E-state index >= 15 is 0 Å². The van der Waals surface area contributed by atoms with Crippen LogP contribution < -0.4 is 0 Å². The molecule has 0 radical (unpaired) electrons. The third-order valence-corrected chi connectivity index (χ3v) is 5.62. The summed E-state index contributed by atoms with van der Waals surface area (Å²) in [6.07, 6.45) is 3.99. The molecule has 0 saturated heterocycles. The van der Waals surface area contributed by atoms with Crippen molar-refractivity contribution in [3.05, 3.63) is 107 Å². The predicted molar refractivity (Wildman–Crippen MR) is 124 cm³/mol. The SMILES string of the molecule is Cc1cc(C)cc(N=C2C=C(c3cn(C)c4ccccc34)C(=O)c3ccccc32)c1. The fraction of sp³-hybridized carbons (Fsp3) is 0.111. The molecule has 1 aliphatic rings. The molecule has 1 aromatic heterocycles. The molecule has 30 heavy (non-hydrogen) atoms. The molecule has 1 aliphatic carbocycles. The normalized spacial score (nSPS) is 14.8. The molecular weight excluding hydrogens is 368 g/mol. The van der Waals surface area contributed by atoms with Gasteiger partial charge in [-0.15, -0.1) is 0 Å². The molecule has 1 heterocycles. The van der Waals surface area contributed by atoms with Gasteiger partial charge in [0.15, 0.2) is 5.78 Å². The summed E-state index contributed by atoms with van der Waals surface area (Å²) < 4.78 is 2.07. The second kappa shape index (κ2) is 6.96. The molecule has 0 atom stereocenters. The quantitative estimate of drug-likeness (QED) is 0.401. The van der Waals surface area contributed by atoms with E-state index in [0.29, 0.717) is 11.1 Å². The van der Waals surface area contributed by atoms with Crippen LogP contribution in [0.1, 0.15) is 32.6 Å². The Balaban J connectivity index is 1.76. The van der Waals surface area contributed by atoms with E-state index in [1.165, 1.54) is 11.1 Å². The summed E-state index contributed by atoms with van der Waals surface area (Å²) in [5.74, 6) is 0.0429. The number of hydrogen-bond donors (Lipinski definition) is 0. The van der Waals surface area contributed by atoms with Gasteiger partial charge in [0.05, 0.1) is 11.4 Å². The molecule has 0 saturated carbocycles. The van der Waals surface area contributed by atoms with Crippen molar-refractivity contribution in [2.24, 2.45) is 12.0 Å². The van der Waals surface area contributed by atoms with Crippen LogP contribution in [0.5, 0.6) is 0 Å². The zero-order valence-electron chi connectivity index (χ0n) is 17.3. The maximum absolute atomic E-state index is 13.4. The maximum atomic E-state index is 13.4. The van der Waals surface area contributed by atoms with Gasteiger partial charge in [0.1, 0.15) is 0 Å². The highest BCUT2D eigenvalue weighted by Crippen LogP contribution is 2.34. The first kappa shape index (κ1) is 18.3. The van der Waals surface area contributed by atoms with Crippen LogP contribution >= 0.6 is 0 Å². The number of para-hydroxylation sites is 1. The lowest BCUT2D eigenvalue weighted by Gasteiger charge is -2.17. The number of ketones is 1. The second-order valence-electron chi connectivity index (χ2n) is 7.95. The van der Waals surface area contributed by atoms with Gasteiger partial charge in [0.25, 0.3) is 0 Å². The van der Waals surface area contributed by atoms with Gasteiger partial charge in [0, 0.05) is 46.4 Å². The molecule has 4 aromatic rings. The summed E-state index contributed by atoms with van der Waals surface area (Å²) in [5, 5.41) is 1.07. The number of aliphatic imine (C=N–C) groups is 1. The van der Waals surface area contributed by atoms with Gasteiger partial charge in [-0.25, -0.2) is 4.99 Å². The van der Waals surface area contributed by atoms with Crippen molar-refractivity contribution >= 4 is 33.7 Å². The Kier molecular flexibility index (Phi) is 4.25. The number of benzene rings is 3. The van der Waals surface area contributed by atoms with Gasteiger partial charge in [0.2, 0.25) is 0 Å². The van der Waals surface area contributed by atoms with E-state index in [0.717, 1.165) is 33.4 Å². The Morgan fingerprint density at radius 1 is 0.800 bits per heavy atom. The molecule has 0 fully saturated rings. The van der Waals surface area contributed by atoms with E-state index in [2.05, 4.69) is 48.7 Å². The molecule has 0 spiro atoms. The maximum Gasteiger partial charge on any atom is 0.194 e. The highest BCUT2D eigenvalue weighted by molar-refractivity contribution is 6.40. The van der Waals surface area contributed by atoms with Crippen LogP contribution in [0.15, 0.2) is 84.0 Å². The third kappa shape index (κ3) is 3.00. The molecule has 3 nitrogen and oxygen atoms in total. The van der Waals surface area contributed by atoms with Crippen LogP contribution in [0.2, 0.25) is 0 Å². The van der Waals surface area contributed by atoms with E-state index in [9.17, 15) is 4.79 Å². The highest BCUT2D eigenvalue weighted by atomic mass is 16.1. The lowest BCUT2D eigenvalue weighted by atomic mass is 9.85. The second-order valence-corrected chi connectivity index (χ2v) is 7.95. The number of fused-ring (bicyclic) bond motifs is 2. The molecule has 0 N–H and O–H groups in total. The summed E-state index contributed by atoms with van der Waals surface area (Å²) in [4.78, 5) is 18.4. The number of carbonyl (C=O) groups excluding carboxylic acids is 1. The summed E-state index contributed by atoms with van der Waals surface area (Å²) in [5.41, 5.74) is 8.39. The molecule has 0 amide bonds. The fourth-order valence-electron chi connectivity index (χ4n) is 4.33. The first-order valence-electron chi connectivity index (χ1n) is 10.1. The average molecular weight is 390 g/mol. The van der Waals surface area contributed by atoms with Crippen LogP contribution in [-0.4, -0.2) is 16.1 Å². The molecule has 5 rings (SSSR count). The number of allylic oxidation sites excluding steroid dienone is 2. The number of nitrogens with zero attached hydrogens (tertiary/aromatic N) is 2. The summed E-state index contributed by atoms with van der Waals surface area (Å²) >= 11 is 0.